The van der Waals surface area contributed by atoms with Gasteiger partial charge in [-0.2, -0.15) is 0 Å². The van der Waals surface area contributed by atoms with E-state index in [0.717, 1.165) is 12.0 Å². The predicted molar refractivity (Wildman–Crippen MR) is 110 cm³/mol. The number of aryl methyl sites for hydroxylation is 1. The topological polar surface area (TPSA) is 73.6 Å². The predicted octanol–water partition coefficient (Wildman–Crippen LogP) is 5.19. The van der Waals surface area contributed by atoms with Crippen molar-refractivity contribution in [3.8, 4) is 22.8 Å². The third kappa shape index (κ3) is 3.95. The second-order valence-corrected chi connectivity index (χ2v) is 7.51. The summed E-state index contributed by atoms with van der Waals surface area (Å²) in [6.45, 7) is 2.78. The number of rotatable bonds is 4. The van der Waals surface area contributed by atoms with Crippen LogP contribution in [0.4, 0.5) is 4.39 Å². The van der Waals surface area contributed by atoms with Gasteiger partial charge < -0.3 is 19.3 Å². The molecule has 0 aliphatic carbocycles. The summed E-state index contributed by atoms with van der Waals surface area (Å²) in [5.41, 5.74) is 0.893. The molecule has 9 heteroatoms. The number of hydrogen-bond donors (Lipinski definition) is 1. The average Bonchev–Trinajstić information content (AvgIpc) is 2.92. The number of halogens is 3. The van der Waals surface area contributed by atoms with E-state index in [1.54, 1.807) is 19.1 Å². The van der Waals surface area contributed by atoms with E-state index >= 15 is 0 Å². The highest BCUT2D eigenvalue weighted by atomic mass is 35.5. The molecule has 0 fully saturated rings. The molecule has 6 nitrogen and oxygen atoms in total. The average molecular weight is 451 g/mol. The smallest absolute Gasteiger partial charge is 0.257 e. The fourth-order valence-electron chi connectivity index (χ4n) is 3.19. The number of nitrogens with zero attached hydrogens (tertiary/aromatic N) is 1. The summed E-state index contributed by atoms with van der Waals surface area (Å²) in [6, 6.07) is 7.70. The molecule has 0 saturated carbocycles. The molecule has 0 radical (unpaired) electrons. The van der Waals surface area contributed by atoms with Crippen LogP contribution in [-0.2, 0) is 6.54 Å². The van der Waals surface area contributed by atoms with E-state index in [-0.39, 0.29) is 34.1 Å². The highest BCUT2D eigenvalue weighted by Gasteiger charge is 2.25. The Kier molecular flexibility index (Phi) is 5.83. The summed E-state index contributed by atoms with van der Waals surface area (Å²) < 4.78 is 30.8. The Labute approximate surface area is 181 Å². The van der Waals surface area contributed by atoms with Gasteiger partial charge in [-0.15, -0.1) is 0 Å². The van der Waals surface area contributed by atoms with E-state index in [2.05, 4.69) is 10.5 Å². The Bertz CT molecular complexity index is 1100. The molecule has 156 valence electrons. The monoisotopic (exact) mass is 450 g/mol. The Morgan fingerprint density at radius 2 is 2.00 bits per heavy atom. The first kappa shape index (κ1) is 20.5. The normalized spacial score (nSPS) is 13.1. The van der Waals surface area contributed by atoms with Crippen molar-refractivity contribution >= 4 is 29.1 Å². The van der Waals surface area contributed by atoms with E-state index in [9.17, 15) is 9.18 Å². The van der Waals surface area contributed by atoms with Crippen molar-refractivity contribution in [2.24, 2.45) is 0 Å². The van der Waals surface area contributed by atoms with Crippen LogP contribution in [0, 0.1) is 12.7 Å². The lowest BCUT2D eigenvalue weighted by molar-refractivity contribution is 0.0950. The highest BCUT2D eigenvalue weighted by molar-refractivity contribution is 6.33. The number of carbonyl (C=O) groups is 1. The SMILES string of the molecule is Cc1onc(-c2c(F)cccc2Cl)c1C(=O)NCc1cc(Cl)c2c(c1)OCCCO2. The van der Waals surface area contributed by atoms with Crippen molar-refractivity contribution < 1.29 is 23.2 Å². The number of amides is 1. The molecule has 30 heavy (non-hydrogen) atoms. The number of benzene rings is 2. The van der Waals surface area contributed by atoms with Gasteiger partial charge in [-0.3, -0.25) is 4.79 Å². The summed E-state index contributed by atoms with van der Waals surface area (Å²) >= 11 is 12.4. The molecule has 1 aliphatic rings. The molecule has 2 heterocycles. The van der Waals surface area contributed by atoms with E-state index in [1.807, 2.05) is 0 Å². The molecule has 0 atom stereocenters. The number of hydrogen-bond acceptors (Lipinski definition) is 5. The second kappa shape index (κ2) is 8.53. The van der Waals surface area contributed by atoms with Gasteiger partial charge >= 0.3 is 0 Å². The Morgan fingerprint density at radius 3 is 2.80 bits per heavy atom. The van der Waals surface area contributed by atoms with E-state index < -0.39 is 11.7 Å². The molecule has 1 amide bonds. The highest BCUT2D eigenvalue weighted by Crippen LogP contribution is 2.38. The Hall–Kier alpha value is -2.77. The van der Waals surface area contributed by atoms with Crippen molar-refractivity contribution in [2.45, 2.75) is 19.9 Å². The molecule has 1 N–H and O–H groups in total. The van der Waals surface area contributed by atoms with Crippen LogP contribution in [0.3, 0.4) is 0 Å². The summed E-state index contributed by atoms with van der Waals surface area (Å²) in [5, 5.41) is 7.16. The first-order chi connectivity index (χ1) is 14.5. The van der Waals surface area contributed by atoms with Crippen molar-refractivity contribution in [2.75, 3.05) is 13.2 Å². The van der Waals surface area contributed by atoms with Gasteiger partial charge in [0.1, 0.15) is 22.8 Å². The summed E-state index contributed by atoms with van der Waals surface area (Å²) in [4.78, 5) is 12.9. The lowest BCUT2D eigenvalue weighted by Crippen LogP contribution is -2.23. The molecule has 1 aromatic heterocycles. The van der Waals surface area contributed by atoms with E-state index in [0.29, 0.717) is 29.7 Å². The zero-order valence-corrected chi connectivity index (χ0v) is 17.4. The molecular formula is C21H17Cl2FN2O4. The van der Waals surface area contributed by atoms with Crippen LogP contribution in [0.15, 0.2) is 34.9 Å². The Morgan fingerprint density at radius 1 is 1.20 bits per heavy atom. The maximum Gasteiger partial charge on any atom is 0.257 e. The zero-order chi connectivity index (χ0) is 21.3. The minimum Gasteiger partial charge on any atom is -0.489 e. The van der Waals surface area contributed by atoms with Gasteiger partial charge in [0.05, 0.1) is 28.8 Å². The second-order valence-electron chi connectivity index (χ2n) is 6.70. The van der Waals surface area contributed by atoms with Crippen LogP contribution in [0.1, 0.15) is 28.1 Å². The van der Waals surface area contributed by atoms with E-state index in [1.165, 1.54) is 18.2 Å². The van der Waals surface area contributed by atoms with Crippen LogP contribution in [-0.4, -0.2) is 24.3 Å². The first-order valence-electron chi connectivity index (χ1n) is 9.22. The Balaban J connectivity index is 1.58. The van der Waals surface area contributed by atoms with Gasteiger partial charge in [0.15, 0.2) is 11.5 Å². The molecule has 4 rings (SSSR count). The number of nitrogens with one attached hydrogen (secondary N) is 1. The van der Waals surface area contributed by atoms with Gasteiger partial charge in [0.25, 0.3) is 5.91 Å². The molecular weight excluding hydrogens is 434 g/mol. The number of carbonyl (C=O) groups excluding carboxylic acids is 1. The lowest BCUT2D eigenvalue weighted by Gasteiger charge is -2.12. The fraction of sp³-hybridized carbons (Fsp3) is 0.238. The molecule has 0 unspecified atom stereocenters. The number of ether oxygens (including phenoxy) is 2. The van der Waals surface area contributed by atoms with Gasteiger partial charge in [0.2, 0.25) is 0 Å². The molecule has 2 aromatic carbocycles. The van der Waals surface area contributed by atoms with Crippen LogP contribution in [0.2, 0.25) is 10.0 Å². The van der Waals surface area contributed by atoms with Gasteiger partial charge in [-0.1, -0.05) is 34.4 Å². The van der Waals surface area contributed by atoms with Crippen LogP contribution in [0.5, 0.6) is 11.5 Å². The van der Waals surface area contributed by atoms with Crippen LogP contribution >= 0.6 is 23.2 Å². The van der Waals surface area contributed by atoms with Gasteiger partial charge in [-0.25, -0.2) is 4.39 Å². The minimum atomic E-state index is -0.598. The zero-order valence-electron chi connectivity index (χ0n) is 15.9. The van der Waals surface area contributed by atoms with Crippen LogP contribution < -0.4 is 14.8 Å². The lowest BCUT2D eigenvalue weighted by atomic mass is 10.0. The molecule has 0 spiro atoms. The molecule has 0 bridgehead atoms. The third-order valence-corrected chi connectivity index (χ3v) is 5.20. The minimum absolute atomic E-state index is 0.0137. The molecule has 1 aliphatic heterocycles. The summed E-state index contributed by atoms with van der Waals surface area (Å²) in [7, 11) is 0. The third-order valence-electron chi connectivity index (χ3n) is 4.60. The summed E-state index contributed by atoms with van der Waals surface area (Å²) in [5.74, 6) is 0.198. The molecule has 3 aromatic rings. The van der Waals surface area contributed by atoms with Crippen molar-refractivity contribution in [1.82, 2.24) is 10.5 Å². The standard InChI is InChI=1S/C21H17Cl2FN2O4/c1-11-17(19(26-30-11)18-13(22)4-2-5-15(18)24)21(27)25-10-12-8-14(23)20-16(9-12)28-6-3-7-29-20/h2,4-5,8-9H,3,6-7,10H2,1H3,(H,25,27). The van der Waals surface area contributed by atoms with E-state index in [4.69, 9.17) is 37.2 Å². The maximum atomic E-state index is 14.3. The van der Waals surface area contributed by atoms with Crippen molar-refractivity contribution in [3.05, 3.63) is 63.1 Å². The van der Waals surface area contributed by atoms with Crippen molar-refractivity contribution in [3.63, 3.8) is 0 Å². The first-order valence-corrected chi connectivity index (χ1v) is 9.98. The fourth-order valence-corrected chi connectivity index (χ4v) is 3.73. The van der Waals surface area contributed by atoms with Crippen molar-refractivity contribution in [1.29, 1.82) is 0 Å². The van der Waals surface area contributed by atoms with Crippen LogP contribution in [0.25, 0.3) is 11.3 Å². The van der Waals surface area contributed by atoms with Gasteiger partial charge in [-0.05, 0) is 36.8 Å². The number of fused-ring (bicyclic) bond motifs is 1. The maximum absolute atomic E-state index is 14.3. The largest absolute Gasteiger partial charge is 0.489 e. The molecule has 0 saturated heterocycles. The summed E-state index contributed by atoms with van der Waals surface area (Å²) in [6.07, 6.45) is 0.755. The van der Waals surface area contributed by atoms with Gasteiger partial charge in [0, 0.05) is 13.0 Å². The quantitative estimate of drug-likeness (QED) is 0.591. The number of aromatic nitrogens is 1.